The van der Waals surface area contributed by atoms with Crippen LogP contribution in [0.4, 0.5) is 0 Å². The fourth-order valence-corrected chi connectivity index (χ4v) is 5.51. The van der Waals surface area contributed by atoms with E-state index in [4.69, 9.17) is 30.5 Å². The lowest BCUT2D eigenvalue weighted by Crippen LogP contribution is -1.90. The normalized spacial score (nSPS) is 19.0. The zero-order valence-corrected chi connectivity index (χ0v) is 22.7. The number of fused-ring (bicyclic) bond motifs is 5. The molecule has 9 aromatic rings. The number of hydrogen-bond donors (Lipinski definition) is 0. The van der Waals surface area contributed by atoms with E-state index < -0.39 is 189 Å². The topological polar surface area (TPSA) is 13.1 Å². The van der Waals surface area contributed by atoms with Crippen molar-refractivity contribution in [1.82, 2.24) is 0 Å². The minimum Gasteiger partial charge on any atom is -0.456 e. The van der Waals surface area contributed by atoms with Crippen LogP contribution >= 0.6 is 0 Å². The molecule has 1 nitrogen and oxygen atoms in total. The summed E-state index contributed by atoms with van der Waals surface area (Å²) in [6.07, 6.45) is 0. The fourth-order valence-electron chi connectivity index (χ4n) is 5.51. The standard InChI is InChI=1S/C44H28O/c1-3-12-29(13-4-1)33-26-27-40-39(28-33)44-34(20-11-21-41(44)45-40)30-22-24-32(25-23-30)43-37-18-9-7-16-35(37)42(31-14-5-2-6-15-31)36-17-8-10-19-38(36)43/h1-28H/i1D,2D,3D,4D,5D,6D,7D,8D,9D,10D,11D,12D,13D,14D,15D,16D,17D,18D,19D,20D,21D,26D,27D,28D. The van der Waals surface area contributed by atoms with Gasteiger partial charge in [0.25, 0.3) is 0 Å². The molecule has 45 heavy (non-hydrogen) atoms. The molecule has 0 N–H and O–H groups in total. The molecule has 0 aliphatic heterocycles. The summed E-state index contributed by atoms with van der Waals surface area (Å²) in [5.41, 5.74) is -3.23. The summed E-state index contributed by atoms with van der Waals surface area (Å²) in [4.78, 5) is 0. The van der Waals surface area contributed by atoms with Crippen molar-refractivity contribution >= 4 is 43.5 Å². The Morgan fingerprint density at radius 1 is 0.356 bits per heavy atom. The van der Waals surface area contributed by atoms with Crippen molar-refractivity contribution in [1.29, 1.82) is 0 Å². The van der Waals surface area contributed by atoms with Crippen LogP contribution in [0.25, 0.3) is 88.0 Å². The average Bonchev–Trinajstić information content (AvgIpc) is 3.73. The van der Waals surface area contributed by atoms with Crippen LogP contribution < -0.4 is 0 Å². The number of furan rings is 1. The molecule has 0 fully saturated rings. The van der Waals surface area contributed by atoms with Crippen molar-refractivity contribution < 1.29 is 37.3 Å². The van der Waals surface area contributed by atoms with Crippen molar-refractivity contribution in [2.24, 2.45) is 0 Å². The molecule has 0 unspecified atom stereocenters. The molecule has 1 heterocycles. The molecule has 0 saturated carbocycles. The summed E-state index contributed by atoms with van der Waals surface area (Å²) in [6, 6.07) is -12.5. The van der Waals surface area contributed by atoms with Crippen molar-refractivity contribution in [3.63, 3.8) is 0 Å². The van der Waals surface area contributed by atoms with Crippen molar-refractivity contribution in [2.45, 2.75) is 0 Å². The van der Waals surface area contributed by atoms with Crippen LogP contribution in [0.3, 0.4) is 0 Å². The monoisotopic (exact) mass is 596 g/mol. The Labute approximate surface area is 295 Å². The Morgan fingerprint density at radius 2 is 0.889 bits per heavy atom. The maximum absolute atomic E-state index is 9.39. The van der Waals surface area contributed by atoms with Gasteiger partial charge in [-0.2, -0.15) is 0 Å². The van der Waals surface area contributed by atoms with Crippen LogP contribution in [0.15, 0.2) is 174 Å². The number of rotatable bonds is 4. The number of hydrogen-bond acceptors (Lipinski definition) is 1. The van der Waals surface area contributed by atoms with Gasteiger partial charge in [-0.25, -0.2) is 0 Å². The number of benzene rings is 8. The third-order valence-corrected chi connectivity index (χ3v) is 7.41. The maximum atomic E-state index is 9.39. The third kappa shape index (κ3) is 4.17. The fraction of sp³-hybridized carbons (Fsp3) is 0. The van der Waals surface area contributed by atoms with Crippen LogP contribution in [0, 0.1) is 0 Å². The van der Waals surface area contributed by atoms with E-state index in [1.165, 1.54) is 24.3 Å². The molecule has 0 saturated heterocycles. The smallest absolute Gasteiger partial charge is 0.136 e. The van der Waals surface area contributed by atoms with Crippen molar-refractivity contribution in [3.05, 3.63) is 169 Å². The Bertz CT molecular complexity index is 3740. The maximum Gasteiger partial charge on any atom is 0.136 e. The Kier molecular flexibility index (Phi) is 2.58. The second kappa shape index (κ2) is 10.4. The van der Waals surface area contributed by atoms with E-state index in [9.17, 15) is 6.85 Å². The van der Waals surface area contributed by atoms with Crippen LogP contribution in [-0.2, 0) is 0 Å². The second-order valence-electron chi connectivity index (χ2n) is 9.84. The highest BCUT2D eigenvalue weighted by atomic mass is 16.3. The highest BCUT2D eigenvalue weighted by Gasteiger charge is 2.17. The lowest BCUT2D eigenvalue weighted by atomic mass is 9.85. The highest BCUT2D eigenvalue weighted by molar-refractivity contribution is 6.21. The van der Waals surface area contributed by atoms with Crippen LogP contribution in [0.2, 0.25) is 0 Å². The SMILES string of the molecule is [2H]c1c([2H])c([2H])c(-c2c([2H])c([2H])c3oc4c([2H])c([2H])c([2H])c(-c5ccc(-c6c7c([2H])c([2H])c([2H])c([2H])c7c(-c7c([2H])c([2H])c([2H])c([2H])c7[2H])c7c([2H])c([2H])c([2H])c([2H])c67)cc5)c4c3c2[2H])c([2H])c1[2H]. The predicted octanol–water partition coefficient (Wildman–Crippen LogP) is 12.6. The first-order valence-electron chi connectivity index (χ1n) is 25.5. The van der Waals surface area contributed by atoms with Gasteiger partial charge in [0.05, 0.1) is 32.9 Å². The third-order valence-electron chi connectivity index (χ3n) is 7.41. The van der Waals surface area contributed by atoms with Gasteiger partial charge in [0.15, 0.2) is 0 Å². The molecule has 0 spiro atoms. The van der Waals surface area contributed by atoms with Gasteiger partial charge in [-0.3, -0.25) is 0 Å². The predicted molar refractivity (Wildman–Crippen MR) is 190 cm³/mol. The molecule has 8 aromatic carbocycles. The first-order chi connectivity index (χ1) is 32.3. The molecule has 0 radical (unpaired) electrons. The lowest BCUT2D eigenvalue weighted by Gasteiger charge is -2.18. The molecule has 0 aliphatic rings. The van der Waals surface area contributed by atoms with Gasteiger partial charge in [0.1, 0.15) is 11.2 Å². The summed E-state index contributed by atoms with van der Waals surface area (Å²) in [7, 11) is 0. The molecular weight excluding hydrogens is 544 g/mol. The van der Waals surface area contributed by atoms with E-state index in [-0.39, 0.29) is 43.8 Å². The lowest BCUT2D eigenvalue weighted by molar-refractivity contribution is 0.669. The summed E-state index contributed by atoms with van der Waals surface area (Å²) in [5, 5.41) is -2.03. The summed E-state index contributed by atoms with van der Waals surface area (Å²) >= 11 is 0. The van der Waals surface area contributed by atoms with E-state index in [2.05, 4.69) is 0 Å². The largest absolute Gasteiger partial charge is 0.456 e. The van der Waals surface area contributed by atoms with E-state index in [1.54, 1.807) is 0 Å². The molecule has 0 amide bonds. The van der Waals surface area contributed by atoms with Gasteiger partial charge < -0.3 is 4.42 Å². The molecule has 210 valence electrons. The molecule has 0 aliphatic carbocycles. The Morgan fingerprint density at radius 3 is 1.51 bits per heavy atom. The molecule has 1 heteroatoms. The van der Waals surface area contributed by atoms with Gasteiger partial charge in [-0.1, -0.05) is 151 Å². The molecule has 9 rings (SSSR count). The summed E-state index contributed by atoms with van der Waals surface area (Å²) < 4.78 is 216. The zero-order chi connectivity index (χ0) is 50.6. The summed E-state index contributed by atoms with van der Waals surface area (Å²) in [6.45, 7) is 0. The molecule has 0 atom stereocenters. The van der Waals surface area contributed by atoms with Crippen molar-refractivity contribution in [2.75, 3.05) is 0 Å². The minimum atomic E-state index is -0.821. The highest BCUT2D eigenvalue weighted by Crippen LogP contribution is 2.44. The molecule has 1 aromatic heterocycles. The zero-order valence-electron chi connectivity index (χ0n) is 46.7. The van der Waals surface area contributed by atoms with Gasteiger partial charge >= 0.3 is 0 Å². The van der Waals surface area contributed by atoms with Crippen LogP contribution in [-0.4, -0.2) is 0 Å². The first-order valence-corrected chi connectivity index (χ1v) is 13.5. The summed E-state index contributed by atoms with van der Waals surface area (Å²) in [5.74, 6) is 0. The van der Waals surface area contributed by atoms with Crippen molar-refractivity contribution in [3.8, 4) is 44.5 Å². The van der Waals surface area contributed by atoms with E-state index in [0.717, 1.165) is 0 Å². The van der Waals surface area contributed by atoms with Crippen LogP contribution in [0.5, 0.6) is 0 Å². The average molecular weight is 597 g/mol. The van der Waals surface area contributed by atoms with Gasteiger partial charge in [-0.15, -0.1) is 0 Å². The van der Waals surface area contributed by atoms with E-state index in [1.807, 2.05) is 0 Å². The Hall–Kier alpha value is -5.92. The first kappa shape index (κ1) is 11.2. The van der Waals surface area contributed by atoms with E-state index in [0.29, 0.717) is 0 Å². The van der Waals surface area contributed by atoms with Crippen LogP contribution in [0.1, 0.15) is 32.9 Å². The van der Waals surface area contributed by atoms with Gasteiger partial charge in [-0.05, 0) is 84.2 Å². The van der Waals surface area contributed by atoms with Gasteiger partial charge in [0.2, 0.25) is 0 Å². The second-order valence-corrected chi connectivity index (χ2v) is 9.84. The van der Waals surface area contributed by atoms with E-state index >= 15 is 0 Å². The minimum absolute atomic E-state index is 0.0383. The Balaban J connectivity index is 1.42. The molecular formula is C44H28O. The quantitative estimate of drug-likeness (QED) is 0.184. The molecule has 0 bridgehead atoms. The van der Waals surface area contributed by atoms with Gasteiger partial charge in [0, 0.05) is 10.8 Å².